The molecule has 2 fully saturated rings. The summed E-state index contributed by atoms with van der Waals surface area (Å²) in [5.74, 6) is 0.873. The maximum Gasteiger partial charge on any atom is 0.331 e. The number of methoxy groups -OCH3 is 6. The molecule has 2 aromatic carbocycles. The molecule has 11 heteroatoms. The summed E-state index contributed by atoms with van der Waals surface area (Å²) in [4.78, 5) is 32.8. The number of nitrogens with one attached hydrogen (secondary N) is 1. The predicted octanol–water partition coefficient (Wildman–Crippen LogP) is 4.57. The monoisotopic (exact) mass is 634 g/mol. The number of hydrogen-bond acceptors (Lipinski definition) is 10. The van der Waals surface area contributed by atoms with E-state index in [0.29, 0.717) is 29.2 Å². The van der Waals surface area contributed by atoms with Crippen LogP contribution in [-0.4, -0.2) is 89.8 Å². The first-order chi connectivity index (χ1) is 22.3. The van der Waals surface area contributed by atoms with Crippen LogP contribution in [0.25, 0.3) is 17.0 Å². The summed E-state index contributed by atoms with van der Waals surface area (Å²) in [6.07, 6.45) is 4.01. The van der Waals surface area contributed by atoms with E-state index in [1.165, 1.54) is 51.2 Å². The average Bonchev–Trinajstić information content (AvgIpc) is 3.46. The molecule has 1 N–H and O–H groups in total. The Kier molecular flexibility index (Phi) is 9.15. The lowest BCUT2D eigenvalue weighted by Crippen LogP contribution is -2.58. The first-order valence-corrected chi connectivity index (χ1v) is 15.6. The Balaban J connectivity index is 1.23. The van der Waals surface area contributed by atoms with Crippen molar-refractivity contribution in [1.29, 1.82) is 0 Å². The minimum Gasteiger partial charge on any atom is -0.497 e. The quantitative estimate of drug-likeness (QED) is 0.265. The van der Waals surface area contributed by atoms with Gasteiger partial charge in [-0.15, -0.1) is 0 Å². The number of H-pyrrole nitrogens is 1. The summed E-state index contributed by atoms with van der Waals surface area (Å²) in [5.41, 5.74) is 4.26. The number of hydrogen-bond donors (Lipinski definition) is 1. The molecular formula is C35H42N2O9. The Morgan fingerprint density at radius 2 is 1.70 bits per heavy atom. The second-order valence-electron chi connectivity index (χ2n) is 12.1. The van der Waals surface area contributed by atoms with Crippen LogP contribution in [0.4, 0.5) is 0 Å². The van der Waals surface area contributed by atoms with E-state index < -0.39 is 24.1 Å². The Morgan fingerprint density at radius 3 is 2.35 bits per heavy atom. The van der Waals surface area contributed by atoms with Gasteiger partial charge in [-0.3, -0.25) is 9.69 Å². The zero-order valence-electron chi connectivity index (χ0n) is 27.2. The minimum absolute atomic E-state index is 0.00438. The van der Waals surface area contributed by atoms with Gasteiger partial charge >= 0.3 is 11.9 Å². The van der Waals surface area contributed by atoms with Gasteiger partial charge in [-0.1, -0.05) is 0 Å². The number of benzene rings is 2. The van der Waals surface area contributed by atoms with Gasteiger partial charge in [-0.05, 0) is 72.6 Å². The first kappa shape index (κ1) is 31.7. The van der Waals surface area contributed by atoms with Gasteiger partial charge in [0.2, 0.25) is 5.75 Å². The molecule has 11 nitrogen and oxygen atoms in total. The lowest BCUT2D eigenvalue weighted by molar-refractivity contribution is -0.187. The van der Waals surface area contributed by atoms with Crippen molar-refractivity contribution in [1.82, 2.24) is 9.88 Å². The second kappa shape index (κ2) is 13.3. The highest BCUT2D eigenvalue weighted by Gasteiger charge is 2.54. The third-order valence-corrected chi connectivity index (χ3v) is 9.97. The molecular weight excluding hydrogens is 592 g/mol. The maximum absolute atomic E-state index is 13.4. The van der Waals surface area contributed by atoms with E-state index in [9.17, 15) is 9.59 Å². The number of carbonyl (C=O) groups excluding carboxylic acids is 2. The lowest BCUT2D eigenvalue weighted by Gasteiger charge is -2.52. The fourth-order valence-electron chi connectivity index (χ4n) is 7.91. The topological polar surface area (TPSA) is 118 Å². The Morgan fingerprint density at radius 1 is 0.935 bits per heavy atom. The van der Waals surface area contributed by atoms with Crippen LogP contribution in [0.1, 0.15) is 35.7 Å². The van der Waals surface area contributed by atoms with Gasteiger partial charge in [0, 0.05) is 48.9 Å². The smallest absolute Gasteiger partial charge is 0.331 e. The molecule has 1 aliphatic carbocycles. The molecule has 3 aromatic rings. The van der Waals surface area contributed by atoms with Crippen molar-refractivity contribution in [3.05, 3.63) is 53.2 Å². The first-order valence-electron chi connectivity index (χ1n) is 15.6. The normalized spacial score (nSPS) is 25.7. The van der Waals surface area contributed by atoms with E-state index in [-0.39, 0.29) is 23.8 Å². The predicted molar refractivity (Wildman–Crippen MR) is 170 cm³/mol. The second-order valence-corrected chi connectivity index (χ2v) is 12.1. The largest absolute Gasteiger partial charge is 0.497 e. The van der Waals surface area contributed by atoms with Gasteiger partial charge in [0.05, 0.1) is 47.5 Å². The van der Waals surface area contributed by atoms with Crippen LogP contribution < -0.4 is 18.9 Å². The van der Waals surface area contributed by atoms with Gasteiger partial charge in [-0.2, -0.15) is 0 Å². The molecule has 6 atom stereocenters. The lowest BCUT2D eigenvalue weighted by atomic mass is 9.63. The van der Waals surface area contributed by atoms with Crippen LogP contribution in [-0.2, 0) is 30.2 Å². The van der Waals surface area contributed by atoms with Crippen molar-refractivity contribution in [3.8, 4) is 23.0 Å². The van der Waals surface area contributed by atoms with Gasteiger partial charge in [0.25, 0.3) is 0 Å². The molecule has 2 aliphatic heterocycles. The van der Waals surface area contributed by atoms with Crippen LogP contribution in [0, 0.1) is 17.8 Å². The zero-order valence-corrected chi connectivity index (χ0v) is 27.2. The average molecular weight is 635 g/mol. The molecule has 1 saturated carbocycles. The highest BCUT2D eigenvalue weighted by atomic mass is 16.6. The molecule has 3 heterocycles. The van der Waals surface area contributed by atoms with Crippen LogP contribution in [0.3, 0.4) is 0 Å². The summed E-state index contributed by atoms with van der Waals surface area (Å²) in [7, 11) is 9.24. The van der Waals surface area contributed by atoms with Gasteiger partial charge < -0.3 is 38.1 Å². The fraction of sp³-hybridized carbons (Fsp3) is 0.486. The van der Waals surface area contributed by atoms with E-state index in [2.05, 4.69) is 16.0 Å². The fourth-order valence-corrected chi connectivity index (χ4v) is 7.91. The van der Waals surface area contributed by atoms with Crippen molar-refractivity contribution in [2.45, 2.75) is 37.5 Å². The van der Waals surface area contributed by atoms with Crippen molar-refractivity contribution in [2.24, 2.45) is 17.8 Å². The number of piperidine rings is 1. The van der Waals surface area contributed by atoms with Crippen molar-refractivity contribution in [3.63, 3.8) is 0 Å². The van der Waals surface area contributed by atoms with Crippen LogP contribution in [0.2, 0.25) is 0 Å². The van der Waals surface area contributed by atoms with Gasteiger partial charge in [-0.25, -0.2) is 4.79 Å². The molecule has 1 aromatic heterocycles. The van der Waals surface area contributed by atoms with E-state index in [0.717, 1.165) is 37.2 Å². The summed E-state index contributed by atoms with van der Waals surface area (Å²) >= 11 is 0. The molecule has 0 unspecified atom stereocenters. The van der Waals surface area contributed by atoms with Gasteiger partial charge in [0.15, 0.2) is 11.5 Å². The number of aromatic amines is 1. The number of rotatable bonds is 9. The molecule has 0 radical (unpaired) electrons. The van der Waals surface area contributed by atoms with Crippen molar-refractivity contribution < 1.29 is 42.7 Å². The van der Waals surface area contributed by atoms with Crippen molar-refractivity contribution in [2.75, 3.05) is 55.7 Å². The van der Waals surface area contributed by atoms with Crippen LogP contribution in [0.5, 0.6) is 23.0 Å². The SMILES string of the molecule is COC(=O)[C@H]1[C@H]2C[C@@H]3c4[nH]c5cc(OC)ccc5c4CCN3C[C@H]2C[C@@H](OC(=O)C=Cc2cc(OC)c(OC)c(OC)c2)[C@@H]1OC. The Labute approximate surface area is 268 Å². The number of esters is 2. The van der Waals surface area contributed by atoms with E-state index >= 15 is 0 Å². The highest BCUT2D eigenvalue weighted by Crippen LogP contribution is 2.50. The van der Waals surface area contributed by atoms with E-state index in [1.54, 1.807) is 32.4 Å². The molecule has 1 saturated heterocycles. The number of aromatic nitrogens is 1. The third kappa shape index (κ3) is 5.66. The van der Waals surface area contributed by atoms with E-state index in [1.807, 2.05) is 12.1 Å². The molecule has 0 amide bonds. The Bertz CT molecular complexity index is 1610. The summed E-state index contributed by atoms with van der Waals surface area (Å²) < 4.78 is 39.0. The number of fused-ring (bicyclic) bond motifs is 6. The molecule has 0 bridgehead atoms. The van der Waals surface area contributed by atoms with Crippen molar-refractivity contribution >= 4 is 28.9 Å². The number of carbonyl (C=O) groups is 2. The molecule has 0 spiro atoms. The maximum atomic E-state index is 13.4. The van der Waals surface area contributed by atoms with E-state index in [4.69, 9.17) is 33.2 Å². The van der Waals surface area contributed by atoms with Crippen LogP contribution >= 0.6 is 0 Å². The molecule has 46 heavy (non-hydrogen) atoms. The van der Waals surface area contributed by atoms with Gasteiger partial charge in [0.1, 0.15) is 18.0 Å². The number of ether oxygens (including phenoxy) is 7. The minimum atomic E-state index is -0.645. The molecule has 246 valence electrons. The molecule has 6 rings (SSSR count). The zero-order chi connectivity index (χ0) is 32.5. The summed E-state index contributed by atoms with van der Waals surface area (Å²) in [5, 5.41) is 1.21. The third-order valence-electron chi connectivity index (χ3n) is 9.97. The highest BCUT2D eigenvalue weighted by molar-refractivity contribution is 5.88. The molecule has 3 aliphatic rings. The summed E-state index contributed by atoms with van der Waals surface area (Å²) in [6.45, 7) is 1.70. The standard InChI is InChI=1S/C35H42N2O9/c1-40-21-8-9-22-23-11-12-37-18-20-15-29(46-30(38)10-7-19-13-27(41-2)33(43-4)28(14-19)42-3)34(44-5)31(35(39)45-6)24(20)17-26(37)32(23)36-25(22)16-21/h7-10,13-14,16,20,24,26,29,31,34,36H,11-12,15,17-18H2,1-6H3/t20-,24+,26-,29-,31+,34+/m1/s1. The summed E-state index contributed by atoms with van der Waals surface area (Å²) in [6, 6.07) is 9.78. The Hall–Kier alpha value is -4.22. The number of nitrogens with zero attached hydrogens (tertiary/aromatic N) is 1. The van der Waals surface area contributed by atoms with Crippen LogP contribution in [0.15, 0.2) is 36.4 Å².